The first kappa shape index (κ1) is 14.0. The van der Waals surface area contributed by atoms with Crippen molar-refractivity contribution in [1.29, 1.82) is 0 Å². The minimum absolute atomic E-state index is 0.0397. The molecule has 0 aliphatic carbocycles. The monoisotopic (exact) mass is 276 g/mol. The van der Waals surface area contributed by atoms with Crippen LogP contribution in [0, 0.1) is 15.9 Å². The first-order chi connectivity index (χ1) is 9.61. The Morgan fingerprint density at radius 1 is 1.25 bits per heavy atom. The Balaban J connectivity index is 2.32. The van der Waals surface area contributed by atoms with Crippen LogP contribution < -0.4 is 5.32 Å². The Morgan fingerprint density at radius 3 is 2.55 bits per heavy atom. The number of nitro benzene ring substituents is 1. The molecule has 1 atom stereocenters. The third-order valence-corrected chi connectivity index (χ3v) is 2.87. The highest BCUT2D eigenvalue weighted by molar-refractivity contribution is 5.62. The number of nitrogens with one attached hydrogen (secondary N) is 1. The van der Waals surface area contributed by atoms with Gasteiger partial charge < -0.3 is 10.4 Å². The van der Waals surface area contributed by atoms with E-state index in [4.69, 9.17) is 0 Å². The largest absolute Gasteiger partial charge is 0.394 e. The molecule has 0 radical (unpaired) electrons. The van der Waals surface area contributed by atoms with Gasteiger partial charge in [0.2, 0.25) is 0 Å². The van der Waals surface area contributed by atoms with E-state index in [0.717, 1.165) is 23.8 Å². The van der Waals surface area contributed by atoms with Gasteiger partial charge >= 0.3 is 0 Å². The van der Waals surface area contributed by atoms with Gasteiger partial charge in [0, 0.05) is 12.1 Å². The molecule has 6 heteroatoms. The van der Waals surface area contributed by atoms with Crippen LogP contribution in [0.1, 0.15) is 11.6 Å². The number of aliphatic hydroxyl groups is 1. The van der Waals surface area contributed by atoms with Gasteiger partial charge in [-0.2, -0.15) is 0 Å². The van der Waals surface area contributed by atoms with Crippen molar-refractivity contribution in [2.24, 2.45) is 0 Å². The molecule has 1 unspecified atom stereocenters. The van der Waals surface area contributed by atoms with E-state index >= 15 is 0 Å². The molecule has 2 aromatic carbocycles. The summed E-state index contributed by atoms with van der Waals surface area (Å²) >= 11 is 0. The Kier molecular flexibility index (Phi) is 4.27. The van der Waals surface area contributed by atoms with Gasteiger partial charge in [-0.1, -0.05) is 30.3 Å². The van der Waals surface area contributed by atoms with E-state index in [2.05, 4.69) is 5.32 Å². The smallest absolute Gasteiger partial charge is 0.292 e. The van der Waals surface area contributed by atoms with Crippen LogP contribution in [0.5, 0.6) is 0 Å². The Morgan fingerprint density at radius 2 is 1.95 bits per heavy atom. The molecule has 0 aliphatic rings. The molecular weight excluding hydrogens is 263 g/mol. The van der Waals surface area contributed by atoms with E-state index in [-0.39, 0.29) is 18.0 Å². The van der Waals surface area contributed by atoms with E-state index in [1.54, 1.807) is 24.3 Å². The second-order valence-electron chi connectivity index (χ2n) is 4.21. The molecular formula is C14H13FN2O3. The Bertz CT molecular complexity index is 605. The summed E-state index contributed by atoms with van der Waals surface area (Å²) in [6, 6.07) is 11.6. The van der Waals surface area contributed by atoms with Gasteiger partial charge in [0.25, 0.3) is 5.69 Å². The van der Waals surface area contributed by atoms with Crippen LogP contribution >= 0.6 is 0 Å². The van der Waals surface area contributed by atoms with Crippen molar-refractivity contribution in [2.75, 3.05) is 11.9 Å². The highest BCUT2D eigenvalue weighted by Gasteiger charge is 2.18. The van der Waals surface area contributed by atoms with Crippen LogP contribution in [-0.2, 0) is 0 Å². The standard InChI is InChI=1S/C14H13FN2O3/c15-11-6-7-14(17(19)20)12(8-11)16-13(9-18)10-4-2-1-3-5-10/h1-8,13,16,18H,9H2. The molecule has 0 spiro atoms. The molecule has 0 amide bonds. The number of aliphatic hydroxyl groups excluding tert-OH is 1. The molecule has 0 heterocycles. The second-order valence-corrected chi connectivity index (χ2v) is 4.21. The van der Waals surface area contributed by atoms with Gasteiger partial charge in [-0.15, -0.1) is 0 Å². The molecule has 0 saturated carbocycles. The lowest BCUT2D eigenvalue weighted by atomic mass is 10.1. The van der Waals surface area contributed by atoms with Crippen molar-refractivity contribution in [1.82, 2.24) is 0 Å². The molecule has 104 valence electrons. The van der Waals surface area contributed by atoms with Crippen LogP contribution in [0.15, 0.2) is 48.5 Å². The highest BCUT2D eigenvalue weighted by atomic mass is 19.1. The average molecular weight is 276 g/mol. The van der Waals surface area contributed by atoms with E-state index in [0.29, 0.717) is 0 Å². The molecule has 5 nitrogen and oxygen atoms in total. The van der Waals surface area contributed by atoms with Gasteiger partial charge in [-0.05, 0) is 11.6 Å². The minimum atomic E-state index is -0.596. The molecule has 2 N–H and O–H groups in total. The van der Waals surface area contributed by atoms with Crippen molar-refractivity contribution in [3.05, 3.63) is 70.0 Å². The zero-order valence-electron chi connectivity index (χ0n) is 10.5. The van der Waals surface area contributed by atoms with Gasteiger partial charge in [-0.25, -0.2) is 4.39 Å². The summed E-state index contributed by atoms with van der Waals surface area (Å²) in [5.41, 5.74) is 0.562. The van der Waals surface area contributed by atoms with Crippen LogP contribution in [0.3, 0.4) is 0 Å². The highest BCUT2D eigenvalue weighted by Crippen LogP contribution is 2.28. The maximum Gasteiger partial charge on any atom is 0.292 e. The molecule has 0 aliphatic heterocycles. The van der Waals surface area contributed by atoms with Crippen LogP contribution in [0.4, 0.5) is 15.8 Å². The quantitative estimate of drug-likeness (QED) is 0.650. The number of benzene rings is 2. The van der Waals surface area contributed by atoms with Crippen LogP contribution in [0.25, 0.3) is 0 Å². The van der Waals surface area contributed by atoms with Crippen molar-refractivity contribution in [3.63, 3.8) is 0 Å². The lowest BCUT2D eigenvalue weighted by molar-refractivity contribution is -0.384. The Labute approximate surface area is 114 Å². The summed E-state index contributed by atoms with van der Waals surface area (Å²) in [5, 5.41) is 23.1. The summed E-state index contributed by atoms with van der Waals surface area (Å²) < 4.78 is 13.2. The molecule has 0 fully saturated rings. The average Bonchev–Trinajstić information content (AvgIpc) is 2.45. The fourth-order valence-electron chi connectivity index (χ4n) is 1.89. The number of halogens is 1. The predicted molar refractivity (Wildman–Crippen MR) is 72.9 cm³/mol. The zero-order valence-corrected chi connectivity index (χ0v) is 10.5. The summed E-state index contributed by atoms with van der Waals surface area (Å²) in [4.78, 5) is 10.3. The van der Waals surface area contributed by atoms with Gasteiger partial charge in [0.05, 0.1) is 17.6 Å². The second kappa shape index (κ2) is 6.12. The van der Waals surface area contributed by atoms with Gasteiger partial charge in [0.15, 0.2) is 0 Å². The van der Waals surface area contributed by atoms with Crippen molar-refractivity contribution in [2.45, 2.75) is 6.04 Å². The van der Waals surface area contributed by atoms with E-state index < -0.39 is 16.8 Å². The molecule has 20 heavy (non-hydrogen) atoms. The lowest BCUT2D eigenvalue weighted by Gasteiger charge is -2.18. The first-order valence-electron chi connectivity index (χ1n) is 5.98. The van der Waals surface area contributed by atoms with E-state index in [1.165, 1.54) is 0 Å². The number of anilines is 1. The number of hydrogen-bond acceptors (Lipinski definition) is 4. The fourth-order valence-corrected chi connectivity index (χ4v) is 1.89. The molecule has 0 bridgehead atoms. The first-order valence-corrected chi connectivity index (χ1v) is 5.98. The maximum atomic E-state index is 13.2. The summed E-state index contributed by atoms with van der Waals surface area (Å²) in [7, 11) is 0. The van der Waals surface area contributed by atoms with Crippen molar-refractivity contribution in [3.8, 4) is 0 Å². The molecule has 2 rings (SSSR count). The van der Waals surface area contributed by atoms with E-state index in [9.17, 15) is 19.6 Å². The molecule has 2 aromatic rings. The minimum Gasteiger partial charge on any atom is -0.394 e. The summed E-state index contributed by atoms with van der Waals surface area (Å²) in [6.45, 7) is -0.266. The van der Waals surface area contributed by atoms with Crippen LogP contribution in [-0.4, -0.2) is 16.6 Å². The zero-order chi connectivity index (χ0) is 14.5. The third kappa shape index (κ3) is 3.10. The van der Waals surface area contributed by atoms with Gasteiger partial charge in [-0.3, -0.25) is 10.1 Å². The van der Waals surface area contributed by atoms with E-state index in [1.807, 2.05) is 6.07 Å². The van der Waals surface area contributed by atoms with Crippen molar-refractivity contribution >= 4 is 11.4 Å². The number of hydrogen-bond donors (Lipinski definition) is 2. The number of nitro groups is 1. The predicted octanol–water partition coefficient (Wildman–Crippen LogP) is 2.88. The molecule has 0 aromatic heterocycles. The lowest BCUT2D eigenvalue weighted by Crippen LogP contribution is -2.15. The maximum absolute atomic E-state index is 13.2. The topological polar surface area (TPSA) is 75.4 Å². The third-order valence-electron chi connectivity index (χ3n) is 2.87. The van der Waals surface area contributed by atoms with Crippen molar-refractivity contribution < 1.29 is 14.4 Å². The van der Waals surface area contributed by atoms with Crippen LogP contribution in [0.2, 0.25) is 0 Å². The number of nitrogens with zero attached hydrogens (tertiary/aromatic N) is 1. The fraction of sp³-hybridized carbons (Fsp3) is 0.143. The van der Waals surface area contributed by atoms with Gasteiger partial charge in [0.1, 0.15) is 11.5 Å². The normalized spacial score (nSPS) is 11.9. The number of rotatable bonds is 5. The Hall–Kier alpha value is -2.47. The summed E-state index contributed by atoms with van der Waals surface area (Å²) in [5.74, 6) is -0.581. The molecule has 0 saturated heterocycles. The SMILES string of the molecule is O=[N+]([O-])c1ccc(F)cc1NC(CO)c1ccccc1. The summed E-state index contributed by atoms with van der Waals surface area (Å²) in [6.07, 6.45) is 0.